The molecule has 0 aromatic heterocycles. The van der Waals surface area contributed by atoms with Crippen molar-refractivity contribution >= 4 is 17.3 Å². The molecule has 2 aromatic rings. The molecule has 1 aliphatic rings. The van der Waals surface area contributed by atoms with Gasteiger partial charge in [0.2, 0.25) is 5.91 Å². The summed E-state index contributed by atoms with van der Waals surface area (Å²) in [5.74, 6) is 0.702. The first-order valence-corrected chi connectivity index (χ1v) is 7.89. The van der Waals surface area contributed by atoms with E-state index in [0.29, 0.717) is 18.8 Å². The zero-order valence-electron chi connectivity index (χ0n) is 13.0. The Bertz CT molecular complexity index is 681. The van der Waals surface area contributed by atoms with Crippen molar-refractivity contribution < 1.29 is 4.79 Å². The molecule has 0 fully saturated rings. The molecule has 1 heterocycles. The van der Waals surface area contributed by atoms with Crippen molar-refractivity contribution in [3.8, 4) is 0 Å². The highest BCUT2D eigenvalue weighted by Gasteiger charge is 2.25. The van der Waals surface area contributed by atoms with Crippen LogP contribution in [-0.4, -0.2) is 12.5 Å². The monoisotopic (exact) mass is 294 g/mol. The second kappa shape index (κ2) is 6.22. The number of carbonyl (C=O) groups is 1. The Hall–Kier alpha value is -2.29. The van der Waals surface area contributed by atoms with Gasteiger partial charge in [0.25, 0.3) is 0 Å². The number of anilines is 2. The summed E-state index contributed by atoms with van der Waals surface area (Å²) < 4.78 is 0. The number of amides is 1. The van der Waals surface area contributed by atoms with E-state index in [2.05, 4.69) is 19.1 Å². The molecule has 0 radical (unpaired) electrons. The average molecular weight is 294 g/mol. The number of fused-ring (bicyclic) bond motifs is 1. The highest BCUT2D eigenvalue weighted by molar-refractivity contribution is 5.94. The minimum absolute atomic E-state index is 0.183. The Kier molecular flexibility index (Phi) is 4.14. The topological polar surface area (TPSA) is 46.3 Å². The second-order valence-corrected chi connectivity index (χ2v) is 5.99. The molecule has 0 bridgehead atoms. The SMILES string of the molecule is CC1CCN(C(=O)CCc2ccccc2N)c2ccccc21. The van der Waals surface area contributed by atoms with Crippen LogP contribution in [0.5, 0.6) is 0 Å². The van der Waals surface area contributed by atoms with Crippen LogP contribution >= 0.6 is 0 Å². The van der Waals surface area contributed by atoms with Crippen molar-refractivity contribution in [3.63, 3.8) is 0 Å². The van der Waals surface area contributed by atoms with Crippen LogP contribution in [0.2, 0.25) is 0 Å². The Morgan fingerprint density at radius 3 is 2.73 bits per heavy atom. The van der Waals surface area contributed by atoms with E-state index >= 15 is 0 Å². The first kappa shape index (κ1) is 14.6. The van der Waals surface area contributed by atoms with Gasteiger partial charge in [0.15, 0.2) is 0 Å². The predicted octanol–water partition coefficient (Wildman–Crippen LogP) is 3.74. The maximum atomic E-state index is 12.6. The van der Waals surface area contributed by atoms with E-state index in [4.69, 9.17) is 5.73 Å². The molecule has 1 atom stereocenters. The van der Waals surface area contributed by atoms with Gasteiger partial charge in [0, 0.05) is 24.3 Å². The number of rotatable bonds is 3. The van der Waals surface area contributed by atoms with E-state index in [0.717, 1.165) is 29.9 Å². The molecule has 3 rings (SSSR count). The molecule has 1 unspecified atom stereocenters. The van der Waals surface area contributed by atoms with Gasteiger partial charge in [-0.25, -0.2) is 0 Å². The normalized spacial score (nSPS) is 17.1. The fourth-order valence-electron chi connectivity index (χ4n) is 3.15. The van der Waals surface area contributed by atoms with Gasteiger partial charge < -0.3 is 10.6 Å². The van der Waals surface area contributed by atoms with Gasteiger partial charge in [-0.2, -0.15) is 0 Å². The molecule has 0 spiro atoms. The number of aryl methyl sites for hydroxylation is 1. The summed E-state index contributed by atoms with van der Waals surface area (Å²) in [4.78, 5) is 14.6. The fourth-order valence-corrected chi connectivity index (χ4v) is 3.15. The minimum atomic E-state index is 0.183. The number of para-hydroxylation sites is 2. The molecule has 0 saturated carbocycles. The molecule has 1 amide bonds. The van der Waals surface area contributed by atoms with Gasteiger partial charge in [-0.05, 0) is 42.0 Å². The highest BCUT2D eigenvalue weighted by Crippen LogP contribution is 2.35. The van der Waals surface area contributed by atoms with Crippen LogP contribution < -0.4 is 10.6 Å². The molecule has 0 aliphatic carbocycles. The molecule has 3 heteroatoms. The summed E-state index contributed by atoms with van der Waals surface area (Å²) in [5, 5.41) is 0. The molecular formula is C19H22N2O. The standard InChI is InChI=1S/C19H22N2O/c1-14-12-13-21(18-9-5-3-7-16(14)18)19(22)11-10-15-6-2-4-8-17(15)20/h2-9,14H,10-13,20H2,1H3. The van der Waals surface area contributed by atoms with Crippen LogP contribution in [0, 0.1) is 0 Å². The van der Waals surface area contributed by atoms with E-state index < -0.39 is 0 Å². The van der Waals surface area contributed by atoms with Gasteiger partial charge >= 0.3 is 0 Å². The Morgan fingerprint density at radius 1 is 1.18 bits per heavy atom. The Labute approximate surface area is 131 Å². The van der Waals surface area contributed by atoms with Crippen LogP contribution in [0.25, 0.3) is 0 Å². The van der Waals surface area contributed by atoms with E-state index in [1.807, 2.05) is 41.3 Å². The molecule has 114 valence electrons. The molecule has 2 aromatic carbocycles. The molecule has 0 saturated heterocycles. The number of carbonyl (C=O) groups excluding carboxylic acids is 1. The lowest BCUT2D eigenvalue weighted by atomic mass is 9.91. The number of hydrogen-bond acceptors (Lipinski definition) is 2. The quantitative estimate of drug-likeness (QED) is 0.876. The van der Waals surface area contributed by atoms with Crippen LogP contribution in [0.1, 0.15) is 36.8 Å². The van der Waals surface area contributed by atoms with Crippen molar-refractivity contribution in [1.29, 1.82) is 0 Å². The average Bonchev–Trinajstić information content (AvgIpc) is 2.54. The summed E-state index contributed by atoms with van der Waals surface area (Å²) in [7, 11) is 0. The maximum absolute atomic E-state index is 12.6. The fraction of sp³-hybridized carbons (Fsp3) is 0.316. The summed E-state index contributed by atoms with van der Waals surface area (Å²) in [6.45, 7) is 3.03. The largest absolute Gasteiger partial charge is 0.399 e. The minimum Gasteiger partial charge on any atom is -0.399 e. The first-order chi connectivity index (χ1) is 10.7. The van der Waals surface area contributed by atoms with Crippen LogP contribution in [0.15, 0.2) is 48.5 Å². The number of benzene rings is 2. The zero-order valence-corrected chi connectivity index (χ0v) is 13.0. The van der Waals surface area contributed by atoms with E-state index in [1.54, 1.807) is 0 Å². The third-order valence-corrected chi connectivity index (χ3v) is 4.51. The lowest BCUT2D eigenvalue weighted by Gasteiger charge is -2.33. The smallest absolute Gasteiger partial charge is 0.227 e. The van der Waals surface area contributed by atoms with E-state index in [1.165, 1.54) is 5.56 Å². The summed E-state index contributed by atoms with van der Waals surface area (Å²) >= 11 is 0. The lowest BCUT2D eigenvalue weighted by Crippen LogP contribution is -2.36. The van der Waals surface area contributed by atoms with Crippen molar-refractivity contribution in [2.24, 2.45) is 0 Å². The number of nitrogen functional groups attached to an aromatic ring is 1. The first-order valence-electron chi connectivity index (χ1n) is 7.89. The number of nitrogens with zero attached hydrogens (tertiary/aromatic N) is 1. The van der Waals surface area contributed by atoms with Gasteiger partial charge in [0.1, 0.15) is 0 Å². The Balaban J connectivity index is 1.74. The lowest BCUT2D eigenvalue weighted by molar-refractivity contribution is -0.118. The van der Waals surface area contributed by atoms with Gasteiger partial charge in [-0.3, -0.25) is 4.79 Å². The van der Waals surface area contributed by atoms with Crippen molar-refractivity contribution in [1.82, 2.24) is 0 Å². The zero-order chi connectivity index (χ0) is 15.5. The van der Waals surface area contributed by atoms with Crippen molar-refractivity contribution in [2.75, 3.05) is 17.2 Å². The molecular weight excluding hydrogens is 272 g/mol. The van der Waals surface area contributed by atoms with Crippen LogP contribution in [-0.2, 0) is 11.2 Å². The number of nitrogens with two attached hydrogens (primary N) is 1. The summed E-state index contributed by atoms with van der Waals surface area (Å²) in [5.41, 5.74) is 10.1. The number of hydrogen-bond donors (Lipinski definition) is 1. The highest BCUT2D eigenvalue weighted by atomic mass is 16.2. The van der Waals surface area contributed by atoms with Gasteiger partial charge in [0.05, 0.1) is 0 Å². The maximum Gasteiger partial charge on any atom is 0.227 e. The van der Waals surface area contributed by atoms with Crippen molar-refractivity contribution in [3.05, 3.63) is 59.7 Å². The molecule has 22 heavy (non-hydrogen) atoms. The molecule has 3 nitrogen and oxygen atoms in total. The third-order valence-electron chi connectivity index (χ3n) is 4.51. The van der Waals surface area contributed by atoms with E-state index in [9.17, 15) is 4.79 Å². The summed E-state index contributed by atoms with van der Waals surface area (Å²) in [6.07, 6.45) is 2.22. The van der Waals surface area contributed by atoms with Crippen LogP contribution in [0.4, 0.5) is 11.4 Å². The van der Waals surface area contributed by atoms with Crippen molar-refractivity contribution in [2.45, 2.75) is 32.1 Å². The molecule has 2 N–H and O–H groups in total. The van der Waals surface area contributed by atoms with Gasteiger partial charge in [-0.1, -0.05) is 43.3 Å². The predicted molar refractivity (Wildman–Crippen MR) is 91.0 cm³/mol. The second-order valence-electron chi connectivity index (χ2n) is 5.99. The van der Waals surface area contributed by atoms with Crippen LogP contribution in [0.3, 0.4) is 0 Å². The van der Waals surface area contributed by atoms with Gasteiger partial charge in [-0.15, -0.1) is 0 Å². The molecule has 1 aliphatic heterocycles. The van der Waals surface area contributed by atoms with E-state index in [-0.39, 0.29) is 5.91 Å². The summed E-state index contributed by atoms with van der Waals surface area (Å²) in [6, 6.07) is 16.0. The Morgan fingerprint density at radius 2 is 1.91 bits per heavy atom. The third kappa shape index (κ3) is 2.84.